The first-order valence-corrected chi connectivity index (χ1v) is 6.13. The lowest BCUT2D eigenvalue weighted by Crippen LogP contribution is -2.36. The van der Waals surface area contributed by atoms with E-state index in [0.717, 1.165) is 16.7 Å². The van der Waals surface area contributed by atoms with E-state index in [-0.39, 0.29) is 12.0 Å². The van der Waals surface area contributed by atoms with Gasteiger partial charge in [-0.1, -0.05) is 31.2 Å². The number of benzene rings is 1. The average molecular weight is 264 g/mol. The molecule has 0 aliphatic carbocycles. The van der Waals surface area contributed by atoms with Crippen molar-refractivity contribution >= 4 is 5.78 Å². The molecule has 0 spiro atoms. The second-order valence-corrected chi connectivity index (χ2v) is 4.81. The Hall–Kier alpha value is -1.49. The van der Waals surface area contributed by atoms with Gasteiger partial charge in [0.15, 0.2) is 5.78 Å². The number of carbonyl (C=O) groups excluding carboxylic acids is 1. The first-order valence-electron chi connectivity index (χ1n) is 6.13. The summed E-state index contributed by atoms with van der Waals surface area (Å²) < 4.78 is 0. The van der Waals surface area contributed by atoms with Crippen LogP contribution in [-0.4, -0.2) is 21.9 Å². The maximum atomic E-state index is 12.4. The number of ketones is 1. The van der Waals surface area contributed by atoms with E-state index in [1.807, 2.05) is 32.9 Å². The van der Waals surface area contributed by atoms with Crippen LogP contribution in [0.1, 0.15) is 40.4 Å². The van der Waals surface area contributed by atoms with Crippen LogP contribution in [0.2, 0.25) is 0 Å². The van der Waals surface area contributed by atoms with E-state index in [4.69, 9.17) is 5.26 Å². The molecule has 19 heavy (non-hydrogen) atoms. The Morgan fingerprint density at radius 1 is 1.32 bits per heavy atom. The van der Waals surface area contributed by atoms with Gasteiger partial charge in [0.05, 0.1) is 5.57 Å². The van der Waals surface area contributed by atoms with Crippen molar-refractivity contribution in [3.8, 4) is 0 Å². The van der Waals surface area contributed by atoms with Crippen molar-refractivity contribution < 1.29 is 20.0 Å². The normalized spacial score (nSPS) is 14.0. The summed E-state index contributed by atoms with van der Waals surface area (Å²) in [7, 11) is 0. The SMILES string of the molecule is C=C(C(=O)c1c(C)cc(C)cc1C)C(O)(CC)OO. The number of hydrogen-bond acceptors (Lipinski definition) is 4. The molecule has 1 unspecified atom stereocenters. The van der Waals surface area contributed by atoms with Gasteiger partial charge in [-0.2, -0.15) is 4.89 Å². The largest absolute Gasteiger partial charge is 0.360 e. The zero-order valence-corrected chi connectivity index (χ0v) is 11.8. The monoisotopic (exact) mass is 264 g/mol. The number of hydrogen-bond donors (Lipinski definition) is 2. The Balaban J connectivity index is 3.25. The summed E-state index contributed by atoms with van der Waals surface area (Å²) in [5.41, 5.74) is 2.98. The molecule has 0 aromatic heterocycles. The van der Waals surface area contributed by atoms with Crippen LogP contribution in [0.4, 0.5) is 0 Å². The lowest BCUT2D eigenvalue weighted by atomic mass is 9.90. The highest BCUT2D eigenvalue weighted by Gasteiger charge is 2.35. The van der Waals surface area contributed by atoms with Gasteiger partial charge in [0.1, 0.15) is 0 Å². The first-order chi connectivity index (χ1) is 8.76. The summed E-state index contributed by atoms with van der Waals surface area (Å²) in [5, 5.41) is 18.7. The molecule has 1 rings (SSSR count). The Kier molecular flexibility index (Phi) is 4.63. The summed E-state index contributed by atoms with van der Waals surface area (Å²) in [4.78, 5) is 16.4. The molecule has 0 aliphatic heterocycles. The van der Waals surface area contributed by atoms with E-state index in [1.165, 1.54) is 0 Å². The Morgan fingerprint density at radius 2 is 1.79 bits per heavy atom. The van der Waals surface area contributed by atoms with Crippen LogP contribution >= 0.6 is 0 Å². The lowest BCUT2D eigenvalue weighted by Gasteiger charge is -2.25. The highest BCUT2D eigenvalue weighted by molar-refractivity contribution is 6.11. The van der Waals surface area contributed by atoms with Crippen molar-refractivity contribution in [2.45, 2.75) is 39.9 Å². The molecule has 1 aromatic carbocycles. The zero-order valence-electron chi connectivity index (χ0n) is 11.8. The van der Waals surface area contributed by atoms with Crippen LogP contribution < -0.4 is 0 Å². The molecule has 0 fully saturated rings. The minimum absolute atomic E-state index is 0.0258. The van der Waals surface area contributed by atoms with Crippen LogP contribution in [-0.2, 0) is 4.89 Å². The molecule has 0 bridgehead atoms. The summed E-state index contributed by atoms with van der Waals surface area (Å²) in [6, 6.07) is 3.77. The van der Waals surface area contributed by atoms with E-state index in [2.05, 4.69) is 11.5 Å². The fourth-order valence-corrected chi connectivity index (χ4v) is 2.20. The van der Waals surface area contributed by atoms with E-state index >= 15 is 0 Å². The average Bonchev–Trinajstić information content (AvgIpc) is 2.35. The van der Waals surface area contributed by atoms with Crippen LogP contribution in [0.25, 0.3) is 0 Å². The van der Waals surface area contributed by atoms with Gasteiger partial charge in [0.2, 0.25) is 5.79 Å². The molecule has 1 atom stereocenters. The molecule has 104 valence electrons. The van der Waals surface area contributed by atoms with Crippen LogP contribution in [0.5, 0.6) is 0 Å². The van der Waals surface area contributed by atoms with E-state index in [1.54, 1.807) is 6.92 Å². The molecule has 4 heteroatoms. The molecule has 1 aromatic rings. The fraction of sp³-hybridized carbons (Fsp3) is 0.400. The summed E-state index contributed by atoms with van der Waals surface area (Å²) in [6.07, 6.45) is 0.0258. The maximum Gasteiger partial charge on any atom is 0.228 e. The molecule has 0 saturated heterocycles. The van der Waals surface area contributed by atoms with E-state index < -0.39 is 11.6 Å². The number of carbonyl (C=O) groups is 1. The third kappa shape index (κ3) is 2.92. The Labute approximate surface area is 113 Å². The molecule has 2 N–H and O–H groups in total. The van der Waals surface area contributed by atoms with Gasteiger partial charge in [-0.05, 0) is 31.9 Å². The van der Waals surface area contributed by atoms with Gasteiger partial charge < -0.3 is 5.11 Å². The third-order valence-electron chi connectivity index (χ3n) is 3.28. The molecule has 0 amide bonds. The highest BCUT2D eigenvalue weighted by Crippen LogP contribution is 2.27. The molecular formula is C15H20O4. The number of aliphatic hydroxyl groups is 1. The molecule has 4 nitrogen and oxygen atoms in total. The minimum atomic E-state index is -2.04. The van der Waals surface area contributed by atoms with Crippen LogP contribution in [0.15, 0.2) is 24.3 Å². The van der Waals surface area contributed by atoms with Crippen molar-refractivity contribution in [2.75, 3.05) is 0 Å². The number of rotatable bonds is 5. The lowest BCUT2D eigenvalue weighted by molar-refractivity contribution is -0.375. The molecule has 0 aliphatic rings. The molecular weight excluding hydrogens is 244 g/mol. The smallest absolute Gasteiger partial charge is 0.228 e. The Morgan fingerprint density at radius 3 is 2.16 bits per heavy atom. The summed E-state index contributed by atoms with van der Waals surface area (Å²) in [5.74, 6) is -2.46. The number of Topliss-reactive ketones (excluding diaryl/α,β-unsaturated/α-hetero) is 1. The fourth-order valence-electron chi connectivity index (χ4n) is 2.20. The Bertz CT molecular complexity index is 490. The van der Waals surface area contributed by atoms with Gasteiger partial charge >= 0.3 is 0 Å². The van der Waals surface area contributed by atoms with E-state index in [0.29, 0.717) is 5.56 Å². The predicted molar refractivity (Wildman–Crippen MR) is 73.1 cm³/mol. The van der Waals surface area contributed by atoms with Crippen molar-refractivity contribution in [3.05, 3.63) is 46.5 Å². The predicted octanol–water partition coefficient (Wildman–Crippen LogP) is 2.94. The van der Waals surface area contributed by atoms with Crippen molar-refractivity contribution in [1.29, 1.82) is 0 Å². The number of aryl methyl sites for hydroxylation is 3. The topological polar surface area (TPSA) is 66.8 Å². The summed E-state index contributed by atoms with van der Waals surface area (Å²) in [6.45, 7) is 10.7. The molecule has 0 heterocycles. The van der Waals surface area contributed by atoms with Crippen molar-refractivity contribution in [1.82, 2.24) is 0 Å². The summed E-state index contributed by atoms with van der Waals surface area (Å²) >= 11 is 0. The van der Waals surface area contributed by atoms with Crippen molar-refractivity contribution in [3.63, 3.8) is 0 Å². The second-order valence-electron chi connectivity index (χ2n) is 4.81. The van der Waals surface area contributed by atoms with Gasteiger partial charge in [0.25, 0.3) is 0 Å². The highest BCUT2D eigenvalue weighted by atomic mass is 17.1. The maximum absolute atomic E-state index is 12.4. The molecule has 0 saturated carbocycles. The quantitative estimate of drug-likeness (QED) is 0.282. The van der Waals surface area contributed by atoms with Gasteiger partial charge in [0, 0.05) is 12.0 Å². The molecule has 0 radical (unpaired) electrons. The zero-order chi connectivity index (χ0) is 14.8. The van der Waals surface area contributed by atoms with Crippen LogP contribution in [0.3, 0.4) is 0 Å². The minimum Gasteiger partial charge on any atom is -0.360 e. The van der Waals surface area contributed by atoms with Gasteiger partial charge in [-0.25, -0.2) is 5.26 Å². The van der Waals surface area contributed by atoms with E-state index in [9.17, 15) is 9.90 Å². The standard InChI is InChI=1S/C15H20O4/c1-6-15(17,19-18)12(5)14(16)13-10(3)7-9(2)8-11(13)4/h7-8,17-18H,5-6H2,1-4H3. The third-order valence-corrected chi connectivity index (χ3v) is 3.28. The van der Waals surface area contributed by atoms with Crippen molar-refractivity contribution in [2.24, 2.45) is 0 Å². The van der Waals surface area contributed by atoms with Crippen LogP contribution in [0, 0.1) is 20.8 Å². The van der Waals surface area contributed by atoms with Gasteiger partial charge in [-0.3, -0.25) is 4.79 Å². The van der Waals surface area contributed by atoms with Gasteiger partial charge in [-0.15, -0.1) is 0 Å². The first kappa shape index (κ1) is 15.6. The second kappa shape index (κ2) is 5.65.